The maximum atomic E-state index is 13.2. The van der Waals surface area contributed by atoms with Gasteiger partial charge in [-0.3, -0.25) is 0 Å². The summed E-state index contributed by atoms with van der Waals surface area (Å²) in [6.07, 6.45) is -0.287. The molecule has 0 atom stereocenters. The molecule has 13 heavy (non-hydrogen) atoms. The molecular formula is C8H5BrFNO2. The highest BCUT2D eigenvalue weighted by atomic mass is 79.9. The van der Waals surface area contributed by atoms with Crippen LogP contribution in [0.1, 0.15) is 5.56 Å². The molecule has 3 nitrogen and oxygen atoms in total. The maximum Gasteiger partial charge on any atom is 0.164 e. The number of aromatic hydroxyl groups is 2. The SMILES string of the molecule is N#CCc1c(O)c(O)cc(Br)c1F. The van der Waals surface area contributed by atoms with Crippen molar-refractivity contribution < 1.29 is 14.6 Å². The fourth-order valence-corrected chi connectivity index (χ4v) is 1.35. The zero-order chi connectivity index (χ0) is 10.0. The van der Waals surface area contributed by atoms with Crippen molar-refractivity contribution in [1.29, 1.82) is 5.26 Å². The van der Waals surface area contributed by atoms with Crippen molar-refractivity contribution >= 4 is 15.9 Å². The molecule has 1 rings (SSSR count). The summed E-state index contributed by atoms with van der Waals surface area (Å²) in [6.45, 7) is 0. The van der Waals surface area contributed by atoms with Gasteiger partial charge in [-0.05, 0) is 15.9 Å². The van der Waals surface area contributed by atoms with Crippen LogP contribution < -0.4 is 0 Å². The van der Waals surface area contributed by atoms with Gasteiger partial charge in [0.05, 0.1) is 17.0 Å². The van der Waals surface area contributed by atoms with Crippen LogP contribution in [0.15, 0.2) is 10.5 Å². The number of hydrogen-bond acceptors (Lipinski definition) is 3. The van der Waals surface area contributed by atoms with Crippen molar-refractivity contribution in [3.63, 3.8) is 0 Å². The summed E-state index contributed by atoms with van der Waals surface area (Å²) in [7, 11) is 0. The van der Waals surface area contributed by atoms with Crippen LogP contribution in [0.3, 0.4) is 0 Å². The molecule has 1 aromatic carbocycles. The zero-order valence-corrected chi connectivity index (χ0v) is 7.97. The monoisotopic (exact) mass is 245 g/mol. The minimum absolute atomic E-state index is 0.0213. The van der Waals surface area contributed by atoms with E-state index in [-0.39, 0.29) is 16.5 Å². The van der Waals surface area contributed by atoms with E-state index in [9.17, 15) is 9.50 Å². The summed E-state index contributed by atoms with van der Waals surface area (Å²) in [5, 5.41) is 26.6. The van der Waals surface area contributed by atoms with Crippen molar-refractivity contribution in [2.24, 2.45) is 0 Å². The Kier molecular flexibility index (Phi) is 2.73. The van der Waals surface area contributed by atoms with E-state index >= 15 is 0 Å². The first kappa shape index (κ1) is 9.81. The summed E-state index contributed by atoms with van der Waals surface area (Å²) < 4.78 is 13.2. The second kappa shape index (κ2) is 3.62. The van der Waals surface area contributed by atoms with Crippen LogP contribution in [0.2, 0.25) is 0 Å². The predicted molar refractivity (Wildman–Crippen MR) is 46.7 cm³/mol. The summed E-state index contributed by atoms with van der Waals surface area (Å²) in [4.78, 5) is 0. The molecule has 0 fully saturated rings. The Labute approximate surface area is 82.2 Å². The minimum Gasteiger partial charge on any atom is -0.504 e. The second-order valence-corrected chi connectivity index (χ2v) is 3.21. The molecule has 68 valence electrons. The highest BCUT2D eigenvalue weighted by Crippen LogP contribution is 2.35. The molecule has 0 bridgehead atoms. The topological polar surface area (TPSA) is 64.2 Å². The average Bonchev–Trinajstić information content (AvgIpc) is 2.09. The molecule has 0 heterocycles. The van der Waals surface area contributed by atoms with E-state index in [0.717, 1.165) is 6.07 Å². The molecule has 0 aliphatic carbocycles. The molecule has 5 heteroatoms. The van der Waals surface area contributed by atoms with Crippen LogP contribution in [0.25, 0.3) is 0 Å². The molecule has 0 saturated carbocycles. The van der Waals surface area contributed by atoms with Crippen LogP contribution in [-0.2, 0) is 6.42 Å². The Morgan fingerprint density at radius 3 is 2.69 bits per heavy atom. The molecule has 0 unspecified atom stereocenters. The Hall–Kier alpha value is -1.28. The lowest BCUT2D eigenvalue weighted by atomic mass is 10.1. The van der Waals surface area contributed by atoms with Gasteiger partial charge in [-0.2, -0.15) is 5.26 Å². The first-order chi connectivity index (χ1) is 6.07. The number of benzene rings is 1. The van der Waals surface area contributed by atoms with Gasteiger partial charge >= 0.3 is 0 Å². The molecule has 0 aromatic heterocycles. The van der Waals surface area contributed by atoms with Gasteiger partial charge in [0.1, 0.15) is 5.82 Å². The van der Waals surface area contributed by atoms with Crippen LogP contribution >= 0.6 is 15.9 Å². The molecule has 0 saturated heterocycles. The van der Waals surface area contributed by atoms with E-state index in [1.54, 1.807) is 6.07 Å². The zero-order valence-electron chi connectivity index (χ0n) is 6.38. The number of nitriles is 1. The van der Waals surface area contributed by atoms with Crippen molar-refractivity contribution in [3.05, 3.63) is 21.9 Å². The summed E-state index contributed by atoms with van der Waals surface area (Å²) >= 11 is 2.85. The van der Waals surface area contributed by atoms with Gasteiger partial charge in [-0.15, -0.1) is 0 Å². The lowest BCUT2D eigenvalue weighted by molar-refractivity contribution is 0.394. The first-order valence-corrected chi connectivity index (χ1v) is 4.13. The molecule has 0 radical (unpaired) electrons. The highest BCUT2D eigenvalue weighted by molar-refractivity contribution is 9.10. The number of nitrogens with zero attached hydrogens (tertiary/aromatic N) is 1. The molecule has 0 aliphatic heterocycles. The van der Waals surface area contributed by atoms with Crippen LogP contribution in [-0.4, -0.2) is 10.2 Å². The Bertz CT molecular complexity index is 360. The number of rotatable bonds is 1. The molecule has 0 spiro atoms. The molecule has 2 N–H and O–H groups in total. The van der Waals surface area contributed by atoms with Gasteiger partial charge < -0.3 is 10.2 Å². The molecule has 0 aliphatic rings. The van der Waals surface area contributed by atoms with E-state index < -0.39 is 17.3 Å². The fourth-order valence-electron chi connectivity index (χ4n) is 0.895. The molecule has 1 aromatic rings. The Morgan fingerprint density at radius 1 is 1.54 bits per heavy atom. The van der Waals surface area contributed by atoms with Crippen molar-refractivity contribution in [1.82, 2.24) is 0 Å². The average molecular weight is 246 g/mol. The minimum atomic E-state index is -0.725. The van der Waals surface area contributed by atoms with Gasteiger partial charge in [0, 0.05) is 11.6 Å². The lowest BCUT2D eigenvalue weighted by Crippen LogP contribution is -1.91. The van der Waals surface area contributed by atoms with Crippen molar-refractivity contribution in [2.45, 2.75) is 6.42 Å². The van der Waals surface area contributed by atoms with E-state index in [1.807, 2.05) is 0 Å². The number of hydrogen-bond donors (Lipinski definition) is 2. The number of phenols is 2. The summed E-state index contributed by atoms with van der Waals surface area (Å²) in [5.41, 5.74) is -0.200. The predicted octanol–water partition coefficient (Wildman–Crippen LogP) is 2.07. The maximum absolute atomic E-state index is 13.2. The van der Waals surface area contributed by atoms with Crippen LogP contribution in [0.5, 0.6) is 11.5 Å². The third kappa shape index (κ3) is 1.73. The van der Waals surface area contributed by atoms with E-state index in [2.05, 4.69) is 15.9 Å². The standard InChI is InChI=1S/C8H5BrFNO2/c9-5-3-6(12)8(13)4(1-2-11)7(5)10/h3,12-13H,1H2. The molecular weight excluding hydrogens is 241 g/mol. The first-order valence-electron chi connectivity index (χ1n) is 3.33. The quantitative estimate of drug-likeness (QED) is 0.745. The number of halogens is 2. The van der Waals surface area contributed by atoms with Crippen LogP contribution in [0.4, 0.5) is 4.39 Å². The van der Waals surface area contributed by atoms with Gasteiger partial charge in [-0.1, -0.05) is 0 Å². The Balaban J connectivity index is 3.39. The van der Waals surface area contributed by atoms with E-state index in [4.69, 9.17) is 10.4 Å². The smallest absolute Gasteiger partial charge is 0.164 e. The third-order valence-electron chi connectivity index (χ3n) is 1.52. The number of phenolic OH excluding ortho intramolecular Hbond substituents is 2. The van der Waals surface area contributed by atoms with Gasteiger partial charge in [0.2, 0.25) is 0 Å². The third-order valence-corrected chi connectivity index (χ3v) is 2.10. The second-order valence-electron chi connectivity index (χ2n) is 2.35. The highest BCUT2D eigenvalue weighted by Gasteiger charge is 2.15. The van der Waals surface area contributed by atoms with Crippen molar-refractivity contribution in [2.75, 3.05) is 0 Å². The normalized spacial score (nSPS) is 9.62. The Morgan fingerprint density at radius 2 is 2.15 bits per heavy atom. The largest absolute Gasteiger partial charge is 0.504 e. The van der Waals surface area contributed by atoms with Gasteiger partial charge in [0.15, 0.2) is 11.5 Å². The van der Waals surface area contributed by atoms with Crippen molar-refractivity contribution in [3.8, 4) is 17.6 Å². The summed E-state index contributed by atoms with van der Waals surface area (Å²) in [6, 6.07) is 2.72. The van der Waals surface area contributed by atoms with Gasteiger partial charge in [0.25, 0.3) is 0 Å². The lowest BCUT2D eigenvalue weighted by Gasteiger charge is -2.05. The van der Waals surface area contributed by atoms with E-state index in [1.165, 1.54) is 0 Å². The fraction of sp³-hybridized carbons (Fsp3) is 0.125. The van der Waals surface area contributed by atoms with E-state index in [0.29, 0.717) is 0 Å². The summed E-state index contributed by atoms with van der Waals surface area (Å²) in [5.74, 6) is -1.75. The van der Waals surface area contributed by atoms with Gasteiger partial charge in [-0.25, -0.2) is 4.39 Å². The molecule has 0 amide bonds. The van der Waals surface area contributed by atoms with Crippen LogP contribution in [0, 0.1) is 17.1 Å².